The topological polar surface area (TPSA) is 78.9 Å². The normalized spacial score (nSPS) is 11.8. The van der Waals surface area contributed by atoms with Crippen LogP contribution >= 0.6 is 0 Å². The SMILES string of the molecule is CCCCCCCCCCCCCCCCCC(=O)OCC(COC(=O)CCCCCCCC)OC(=O)CCCCCCCCC. The molecule has 46 heavy (non-hydrogen) atoms. The lowest BCUT2D eigenvalue weighted by Gasteiger charge is -2.18. The van der Waals surface area contributed by atoms with E-state index in [0.29, 0.717) is 19.3 Å². The van der Waals surface area contributed by atoms with E-state index in [2.05, 4.69) is 20.8 Å². The average Bonchev–Trinajstić information content (AvgIpc) is 3.05. The molecule has 0 fully saturated rings. The van der Waals surface area contributed by atoms with Gasteiger partial charge in [-0.05, 0) is 19.3 Å². The van der Waals surface area contributed by atoms with Crippen LogP contribution in [0.1, 0.15) is 220 Å². The van der Waals surface area contributed by atoms with Crippen molar-refractivity contribution in [2.45, 2.75) is 226 Å². The molecule has 0 aliphatic rings. The van der Waals surface area contributed by atoms with E-state index in [1.54, 1.807) is 0 Å². The Morgan fingerprint density at radius 1 is 0.348 bits per heavy atom. The van der Waals surface area contributed by atoms with E-state index in [9.17, 15) is 14.4 Å². The second-order valence-corrected chi connectivity index (χ2v) is 13.6. The second kappa shape index (κ2) is 36.2. The van der Waals surface area contributed by atoms with Crippen LogP contribution < -0.4 is 0 Å². The lowest BCUT2D eigenvalue weighted by Crippen LogP contribution is -2.30. The first-order chi connectivity index (χ1) is 22.5. The highest BCUT2D eigenvalue weighted by molar-refractivity contribution is 5.71. The van der Waals surface area contributed by atoms with Crippen molar-refractivity contribution in [3.8, 4) is 0 Å². The van der Waals surface area contributed by atoms with Gasteiger partial charge < -0.3 is 14.2 Å². The van der Waals surface area contributed by atoms with Crippen LogP contribution in [0.4, 0.5) is 0 Å². The number of rotatable bonds is 36. The number of unbranched alkanes of at least 4 members (excludes halogenated alkanes) is 25. The van der Waals surface area contributed by atoms with Gasteiger partial charge >= 0.3 is 17.9 Å². The molecule has 0 saturated heterocycles. The van der Waals surface area contributed by atoms with Gasteiger partial charge in [-0.2, -0.15) is 0 Å². The predicted octanol–water partition coefficient (Wildman–Crippen LogP) is 12.1. The molecular formula is C40H76O6. The van der Waals surface area contributed by atoms with Crippen molar-refractivity contribution in [1.82, 2.24) is 0 Å². The summed E-state index contributed by atoms with van der Waals surface area (Å²) >= 11 is 0. The van der Waals surface area contributed by atoms with E-state index >= 15 is 0 Å². The molecule has 0 aromatic carbocycles. The van der Waals surface area contributed by atoms with E-state index in [1.807, 2.05) is 0 Å². The third-order valence-corrected chi connectivity index (χ3v) is 8.86. The Labute approximate surface area is 285 Å². The number of hydrogen-bond donors (Lipinski definition) is 0. The van der Waals surface area contributed by atoms with Crippen LogP contribution in [-0.2, 0) is 28.6 Å². The zero-order valence-electron chi connectivity index (χ0n) is 30.9. The molecule has 6 heteroatoms. The summed E-state index contributed by atoms with van der Waals surface area (Å²) < 4.78 is 16.5. The molecule has 6 nitrogen and oxygen atoms in total. The third-order valence-electron chi connectivity index (χ3n) is 8.86. The maximum Gasteiger partial charge on any atom is 0.306 e. The van der Waals surface area contributed by atoms with Crippen LogP contribution in [0.15, 0.2) is 0 Å². The number of carbonyl (C=O) groups is 3. The fraction of sp³-hybridized carbons (Fsp3) is 0.925. The van der Waals surface area contributed by atoms with Gasteiger partial charge in [0.1, 0.15) is 13.2 Å². The Balaban J connectivity index is 4.17. The molecule has 0 aromatic rings. The molecule has 0 aliphatic heterocycles. The predicted molar refractivity (Wildman–Crippen MR) is 192 cm³/mol. The molecule has 0 spiro atoms. The zero-order valence-corrected chi connectivity index (χ0v) is 30.9. The fourth-order valence-corrected chi connectivity index (χ4v) is 5.79. The Bertz CT molecular complexity index is 679. The monoisotopic (exact) mass is 653 g/mol. The molecule has 1 atom stereocenters. The number of ether oxygens (including phenoxy) is 3. The molecule has 0 aliphatic carbocycles. The van der Waals surface area contributed by atoms with E-state index in [-0.39, 0.29) is 31.1 Å². The molecule has 0 amide bonds. The Morgan fingerprint density at radius 2 is 0.587 bits per heavy atom. The van der Waals surface area contributed by atoms with Gasteiger partial charge in [-0.15, -0.1) is 0 Å². The summed E-state index contributed by atoms with van der Waals surface area (Å²) in [6.45, 7) is 6.53. The molecule has 1 unspecified atom stereocenters. The van der Waals surface area contributed by atoms with E-state index in [1.165, 1.54) is 122 Å². The maximum absolute atomic E-state index is 12.5. The van der Waals surface area contributed by atoms with E-state index in [0.717, 1.165) is 57.8 Å². The van der Waals surface area contributed by atoms with Gasteiger partial charge in [0.15, 0.2) is 6.10 Å². The highest BCUT2D eigenvalue weighted by Crippen LogP contribution is 2.15. The van der Waals surface area contributed by atoms with Crippen LogP contribution in [0.25, 0.3) is 0 Å². The van der Waals surface area contributed by atoms with Gasteiger partial charge in [-0.3, -0.25) is 14.4 Å². The first-order valence-corrected chi connectivity index (χ1v) is 20.0. The maximum atomic E-state index is 12.5. The van der Waals surface area contributed by atoms with Crippen LogP contribution in [0.5, 0.6) is 0 Å². The minimum absolute atomic E-state index is 0.0649. The van der Waals surface area contributed by atoms with Crippen LogP contribution in [0.2, 0.25) is 0 Å². The molecule has 0 saturated carbocycles. The minimum atomic E-state index is -0.754. The van der Waals surface area contributed by atoms with Crippen molar-refractivity contribution in [2.75, 3.05) is 13.2 Å². The first-order valence-electron chi connectivity index (χ1n) is 20.0. The standard InChI is InChI=1S/C40H76O6/c1-4-7-10-13-16-17-18-19-20-21-22-23-25-27-30-33-39(42)45-36-37(35-44-38(41)32-29-26-15-12-9-6-3)46-40(43)34-31-28-24-14-11-8-5-2/h37H,4-36H2,1-3H3. The van der Waals surface area contributed by atoms with Crippen LogP contribution in [0, 0.1) is 0 Å². The molecule has 0 N–H and O–H groups in total. The van der Waals surface area contributed by atoms with Gasteiger partial charge in [-0.25, -0.2) is 0 Å². The molecule has 0 bridgehead atoms. The lowest BCUT2D eigenvalue weighted by atomic mass is 10.0. The van der Waals surface area contributed by atoms with Gasteiger partial charge in [0, 0.05) is 19.3 Å². The van der Waals surface area contributed by atoms with Gasteiger partial charge in [0.05, 0.1) is 0 Å². The summed E-state index contributed by atoms with van der Waals surface area (Å²) in [7, 11) is 0. The summed E-state index contributed by atoms with van der Waals surface area (Å²) in [6.07, 6.45) is 34.0. The molecular weight excluding hydrogens is 576 g/mol. The van der Waals surface area contributed by atoms with Gasteiger partial charge in [-0.1, -0.05) is 181 Å². The average molecular weight is 653 g/mol. The van der Waals surface area contributed by atoms with E-state index < -0.39 is 6.10 Å². The third kappa shape index (κ3) is 33.8. The summed E-state index contributed by atoms with van der Waals surface area (Å²) in [5, 5.41) is 0. The van der Waals surface area contributed by atoms with Crippen molar-refractivity contribution in [2.24, 2.45) is 0 Å². The number of carbonyl (C=O) groups excluding carboxylic acids is 3. The Kier molecular flexibility index (Phi) is 35.0. The quantitative estimate of drug-likeness (QED) is 0.0381. The Morgan fingerprint density at radius 3 is 0.870 bits per heavy atom. The second-order valence-electron chi connectivity index (χ2n) is 13.6. The van der Waals surface area contributed by atoms with E-state index in [4.69, 9.17) is 14.2 Å². The molecule has 0 heterocycles. The number of esters is 3. The summed E-state index contributed by atoms with van der Waals surface area (Å²) in [6, 6.07) is 0. The fourth-order valence-electron chi connectivity index (χ4n) is 5.79. The van der Waals surface area contributed by atoms with Crippen molar-refractivity contribution >= 4 is 17.9 Å². The smallest absolute Gasteiger partial charge is 0.306 e. The Hall–Kier alpha value is -1.59. The van der Waals surface area contributed by atoms with Gasteiger partial charge in [0.2, 0.25) is 0 Å². The largest absolute Gasteiger partial charge is 0.462 e. The molecule has 0 aromatic heterocycles. The van der Waals surface area contributed by atoms with Crippen molar-refractivity contribution in [3.63, 3.8) is 0 Å². The summed E-state index contributed by atoms with van der Waals surface area (Å²) in [4.78, 5) is 37.2. The minimum Gasteiger partial charge on any atom is -0.462 e. The van der Waals surface area contributed by atoms with Crippen molar-refractivity contribution in [3.05, 3.63) is 0 Å². The van der Waals surface area contributed by atoms with Crippen LogP contribution in [-0.4, -0.2) is 37.2 Å². The summed E-state index contributed by atoms with van der Waals surface area (Å²) in [5.41, 5.74) is 0. The van der Waals surface area contributed by atoms with Crippen LogP contribution in [0.3, 0.4) is 0 Å². The van der Waals surface area contributed by atoms with Crippen molar-refractivity contribution < 1.29 is 28.6 Å². The highest BCUT2D eigenvalue weighted by Gasteiger charge is 2.19. The van der Waals surface area contributed by atoms with Gasteiger partial charge in [0.25, 0.3) is 0 Å². The highest BCUT2D eigenvalue weighted by atomic mass is 16.6. The molecule has 272 valence electrons. The number of hydrogen-bond acceptors (Lipinski definition) is 6. The zero-order chi connectivity index (χ0) is 33.8. The first kappa shape index (κ1) is 44.4. The van der Waals surface area contributed by atoms with Crippen molar-refractivity contribution in [1.29, 1.82) is 0 Å². The lowest BCUT2D eigenvalue weighted by molar-refractivity contribution is -0.167. The summed E-state index contributed by atoms with van der Waals surface area (Å²) in [5.74, 6) is -0.877. The molecule has 0 rings (SSSR count). The molecule has 0 radical (unpaired) electrons.